The monoisotopic (exact) mass is 302 g/mol. The molecule has 1 heterocycles. The van der Waals surface area contributed by atoms with Crippen LogP contribution >= 0.6 is 22.9 Å². The molecule has 0 saturated heterocycles. The topological polar surface area (TPSA) is 38.9 Å². The van der Waals surface area contributed by atoms with Crippen LogP contribution in [0, 0.1) is 0 Å². The molecule has 0 saturated carbocycles. The summed E-state index contributed by atoms with van der Waals surface area (Å²) in [6, 6.07) is 16.1. The molecule has 3 aromatic rings. The number of hydrogen-bond donors (Lipinski definition) is 1. The van der Waals surface area contributed by atoms with Crippen LogP contribution in [-0.4, -0.2) is 11.5 Å². The Morgan fingerprint density at radius 2 is 2.00 bits per heavy atom. The molecule has 3 rings (SSSR count). The summed E-state index contributed by atoms with van der Waals surface area (Å²) in [5, 5.41) is 1.88. The van der Waals surface area contributed by atoms with Gasteiger partial charge < -0.3 is 5.73 Å². The van der Waals surface area contributed by atoms with E-state index in [1.807, 2.05) is 36.4 Å². The molecule has 1 aromatic heterocycles. The molecule has 0 fully saturated rings. The average Bonchev–Trinajstić information content (AvgIpc) is 2.87. The van der Waals surface area contributed by atoms with E-state index in [4.69, 9.17) is 17.3 Å². The van der Waals surface area contributed by atoms with E-state index < -0.39 is 0 Å². The summed E-state index contributed by atoms with van der Waals surface area (Å²) in [4.78, 5) is 4.68. The number of nitrogens with two attached hydrogens (primary N) is 1. The molecule has 0 bridgehead atoms. The molecule has 0 aliphatic rings. The second-order valence-corrected chi connectivity index (χ2v) is 6.32. The Hall–Kier alpha value is -1.42. The van der Waals surface area contributed by atoms with Gasteiger partial charge in [0, 0.05) is 17.4 Å². The van der Waals surface area contributed by atoms with Crippen LogP contribution in [0.4, 0.5) is 0 Å². The van der Waals surface area contributed by atoms with E-state index in [9.17, 15) is 0 Å². The van der Waals surface area contributed by atoms with Crippen LogP contribution in [0.1, 0.15) is 16.5 Å². The van der Waals surface area contributed by atoms with E-state index in [0.29, 0.717) is 6.54 Å². The SMILES string of the molecule is NCC(Cc1nc2ccccc2s1)c1cccc(Cl)c1. The van der Waals surface area contributed by atoms with Crippen LogP contribution in [0.15, 0.2) is 48.5 Å². The number of halogens is 1. The molecule has 0 radical (unpaired) electrons. The Balaban J connectivity index is 1.87. The molecule has 0 aliphatic heterocycles. The van der Waals surface area contributed by atoms with E-state index in [1.54, 1.807) is 11.3 Å². The molecule has 2 N–H and O–H groups in total. The van der Waals surface area contributed by atoms with Crippen molar-refractivity contribution in [3.05, 3.63) is 64.1 Å². The van der Waals surface area contributed by atoms with Crippen LogP contribution in [-0.2, 0) is 6.42 Å². The third-order valence-electron chi connectivity index (χ3n) is 3.36. The van der Waals surface area contributed by atoms with Gasteiger partial charge in [-0.05, 0) is 36.4 Å². The standard InChI is InChI=1S/C16H15ClN2S/c17-13-5-3-4-11(8-13)12(10-18)9-16-19-14-6-1-2-7-15(14)20-16/h1-8,12H,9-10,18H2. The summed E-state index contributed by atoms with van der Waals surface area (Å²) in [6.07, 6.45) is 0.857. The third kappa shape index (κ3) is 2.85. The number of rotatable bonds is 4. The van der Waals surface area contributed by atoms with Gasteiger partial charge in [-0.1, -0.05) is 35.9 Å². The van der Waals surface area contributed by atoms with Crippen molar-refractivity contribution in [1.29, 1.82) is 0 Å². The average molecular weight is 303 g/mol. The fraction of sp³-hybridized carbons (Fsp3) is 0.188. The quantitative estimate of drug-likeness (QED) is 0.783. The number of hydrogen-bond acceptors (Lipinski definition) is 3. The molecule has 1 atom stereocenters. The molecule has 4 heteroatoms. The van der Waals surface area contributed by atoms with Crippen LogP contribution in [0.5, 0.6) is 0 Å². The zero-order valence-corrected chi connectivity index (χ0v) is 12.5. The normalized spacial score (nSPS) is 12.7. The molecule has 2 nitrogen and oxygen atoms in total. The van der Waals surface area contributed by atoms with Crippen molar-refractivity contribution in [3.63, 3.8) is 0 Å². The van der Waals surface area contributed by atoms with Gasteiger partial charge in [-0.15, -0.1) is 11.3 Å². The molecule has 20 heavy (non-hydrogen) atoms. The van der Waals surface area contributed by atoms with Gasteiger partial charge in [-0.3, -0.25) is 0 Å². The summed E-state index contributed by atoms with van der Waals surface area (Å²) in [5.74, 6) is 0.259. The summed E-state index contributed by atoms with van der Waals surface area (Å²) >= 11 is 7.80. The van der Waals surface area contributed by atoms with Crippen molar-refractivity contribution in [2.45, 2.75) is 12.3 Å². The lowest BCUT2D eigenvalue weighted by Crippen LogP contribution is -2.14. The number of fused-ring (bicyclic) bond motifs is 1. The highest BCUT2D eigenvalue weighted by molar-refractivity contribution is 7.18. The van der Waals surface area contributed by atoms with Crippen molar-refractivity contribution in [2.24, 2.45) is 5.73 Å². The number of aromatic nitrogens is 1. The van der Waals surface area contributed by atoms with Gasteiger partial charge in [-0.2, -0.15) is 0 Å². The van der Waals surface area contributed by atoms with E-state index in [0.717, 1.165) is 22.0 Å². The number of benzene rings is 2. The maximum atomic E-state index is 6.06. The first-order valence-corrected chi connectivity index (χ1v) is 7.75. The second-order valence-electron chi connectivity index (χ2n) is 4.77. The Bertz CT molecular complexity index is 690. The maximum absolute atomic E-state index is 6.06. The number of para-hydroxylation sites is 1. The van der Waals surface area contributed by atoms with Gasteiger partial charge in [0.15, 0.2) is 0 Å². The third-order valence-corrected chi connectivity index (χ3v) is 4.66. The Labute approximate surface area is 127 Å². The van der Waals surface area contributed by atoms with Gasteiger partial charge in [-0.25, -0.2) is 4.98 Å². The molecule has 1 unspecified atom stereocenters. The highest BCUT2D eigenvalue weighted by Gasteiger charge is 2.14. The van der Waals surface area contributed by atoms with E-state index in [2.05, 4.69) is 17.1 Å². The fourth-order valence-electron chi connectivity index (χ4n) is 2.32. The van der Waals surface area contributed by atoms with Crippen molar-refractivity contribution < 1.29 is 0 Å². The smallest absolute Gasteiger partial charge is 0.0945 e. The zero-order valence-electron chi connectivity index (χ0n) is 10.9. The molecular weight excluding hydrogens is 288 g/mol. The van der Waals surface area contributed by atoms with Crippen LogP contribution in [0.2, 0.25) is 5.02 Å². The highest BCUT2D eigenvalue weighted by Crippen LogP contribution is 2.27. The van der Waals surface area contributed by atoms with Gasteiger partial charge in [0.25, 0.3) is 0 Å². The van der Waals surface area contributed by atoms with Gasteiger partial charge in [0.05, 0.1) is 15.2 Å². The first-order valence-electron chi connectivity index (χ1n) is 6.56. The van der Waals surface area contributed by atoms with Gasteiger partial charge in [0.1, 0.15) is 0 Å². The van der Waals surface area contributed by atoms with E-state index in [-0.39, 0.29) is 5.92 Å². The lowest BCUT2D eigenvalue weighted by atomic mass is 9.96. The van der Waals surface area contributed by atoms with Crippen molar-refractivity contribution in [1.82, 2.24) is 4.98 Å². The van der Waals surface area contributed by atoms with Crippen LogP contribution in [0.3, 0.4) is 0 Å². The van der Waals surface area contributed by atoms with Crippen LogP contribution < -0.4 is 5.73 Å². The van der Waals surface area contributed by atoms with Crippen molar-refractivity contribution in [2.75, 3.05) is 6.54 Å². The molecule has 2 aromatic carbocycles. The second kappa shape index (κ2) is 5.92. The van der Waals surface area contributed by atoms with Gasteiger partial charge in [0.2, 0.25) is 0 Å². The summed E-state index contributed by atoms with van der Waals surface area (Å²) < 4.78 is 1.23. The van der Waals surface area contributed by atoms with Gasteiger partial charge >= 0.3 is 0 Å². The number of nitrogens with zero attached hydrogens (tertiary/aromatic N) is 1. The number of thiazole rings is 1. The van der Waals surface area contributed by atoms with E-state index >= 15 is 0 Å². The minimum absolute atomic E-state index is 0.259. The van der Waals surface area contributed by atoms with E-state index in [1.165, 1.54) is 10.3 Å². The molecule has 0 amide bonds. The minimum atomic E-state index is 0.259. The largest absolute Gasteiger partial charge is 0.330 e. The maximum Gasteiger partial charge on any atom is 0.0945 e. The fourth-order valence-corrected chi connectivity index (χ4v) is 3.56. The Kier molecular flexibility index (Phi) is 4.01. The predicted octanol–water partition coefficient (Wildman–Crippen LogP) is 4.23. The molecule has 0 aliphatic carbocycles. The zero-order chi connectivity index (χ0) is 13.9. The van der Waals surface area contributed by atoms with Crippen molar-refractivity contribution >= 4 is 33.2 Å². The molecular formula is C16H15ClN2S. The molecule has 0 spiro atoms. The summed E-state index contributed by atoms with van der Waals surface area (Å²) in [5.41, 5.74) is 8.17. The van der Waals surface area contributed by atoms with Crippen molar-refractivity contribution in [3.8, 4) is 0 Å². The Morgan fingerprint density at radius 1 is 1.15 bits per heavy atom. The molecule has 102 valence electrons. The summed E-state index contributed by atoms with van der Waals surface area (Å²) in [7, 11) is 0. The lowest BCUT2D eigenvalue weighted by Gasteiger charge is -2.13. The Morgan fingerprint density at radius 3 is 2.75 bits per heavy atom. The highest BCUT2D eigenvalue weighted by atomic mass is 35.5. The minimum Gasteiger partial charge on any atom is -0.330 e. The predicted molar refractivity (Wildman–Crippen MR) is 86.6 cm³/mol. The first kappa shape index (κ1) is 13.6. The van der Waals surface area contributed by atoms with Crippen LogP contribution in [0.25, 0.3) is 10.2 Å². The lowest BCUT2D eigenvalue weighted by molar-refractivity contribution is 0.692. The summed E-state index contributed by atoms with van der Waals surface area (Å²) in [6.45, 7) is 0.594. The first-order chi connectivity index (χ1) is 9.76.